The Balaban J connectivity index is 1.47. The first kappa shape index (κ1) is 18.0. The Hall–Kier alpha value is -4.34. The third-order valence-electron chi connectivity index (χ3n) is 4.15. The molecule has 0 spiro atoms. The van der Waals surface area contributed by atoms with Gasteiger partial charge in [0.25, 0.3) is 5.69 Å². The number of nitro benzene ring substituents is 1. The molecule has 144 valence electrons. The quantitative estimate of drug-likeness (QED) is 0.282. The van der Waals surface area contributed by atoms with Crippen molar-refractivity contribution in [1.82, 2.24) is 24.5 Å². The zero-order chi connectivity index (χ0) is 20.2. The topological polar surface area (TPSA) is 118 Å². The van der Waals surface area contributed by atoms with Gasteiger partial charge in [0.05, 0.1) is 16.2 Å². The number of ether oxygens (including phenoxy) is 1. The third-order valence-corrected chi connectivity index (χ3v) is 4.15. The minimum atomic E-state index is -0.658. The number of rotatable bonds is 6. The summed E-state index contributed by atoms with van der Waals surface area (Å²) in [6.45, 7) is 0.0385. The molecule has 0 fully saturated rings. The lowest BCUT2D eigenvalue weighted by Gasteiger charge is -2.08. The van der Waals surface area contributed by atoms with Crippen molar-refractivity contribution in [2.75, 3.05) is 0 Å². The molecule has 2 aromatic carbocycles. The highest BCUT2D eigenvalue weighted by Crippen LogP contribution is 2.24. The smallest absolute Gasteiger partial charge is 0.338 e. The third kappa shape index (κ3) is 3.86. The molecule has 0 amide bonds. The number of carbonyl (C=O) groups excluding carboxylic acids is 1. The molecule has 2 heterocycles. The second-order valence-electron chi connectivity index (χ2n) is 5.99. The normalized spacial score (nSPS) is 10.6. The van der Waals surface area contributed by atoms with Gasteiger partial charge in [0.2, 0.25) is 0 Å². The maximum Gasteiger partial charge on any atom is 0.338 e. The molecule has 0 unspecified atom stereocenters. The van der Waals surface area contributed by atoms with Crippen LogP contribution in [0.15, 0.2) is 73.6 Å². The van der Waals surface area contributed by atoms with E-state index in [4.69, 9.17) is 4.74 Å². The number of esters is 1. The summed E-state index contributed by atoms with van der Waals surface area (Å²) in [5, 5.41) is 19.4. The minimum Gasteiger partial charge on any atom is -0.457 e. The molecule has 0 aliphatic rings. The summed E-state index contributed by atoms with van der Waals surface area (Å²) < 4.78 is 8.26. The van der Waals surface area contributed by atoms with Crippen LogP contribution in [0.4, 0.5) is 5.69 Å². The van der Waals surface area contributed by atoms with Gasteiger partial charge in [-0.2, -0.15) is 10.2 Å². The van der Waals surface area contributed by atoms with Gasteiger partial charge in [-0.05, 0) is 35.9 Å². The van der Waals surface area contributed by atoms with Crippen molar-refractivity contribution < 1.29 is 14.5 Å². The fraction of sp³-hybridized carbons (Fsp3) is 0.0526. The maximum absolute atomic E-state index is 12.4. The van der Waals surface area contributed by atoms with Crippen LogP contribution in [0.5, 0.6) is 0 Å². The van der Waals surface area contributed by atoms with Gasteiger partial charge in [-0.1, -0.05) is 12.1 Å². The first-order chi connectivity index (χ1) is 14.1. The average Bonchev–Trinajstić information content (AvgIpc) is 3.46. The highest BCUT2D eigenvalue weighted by atomic mass is 16.6. The summed E-state index contributed by atoms with van der Waals surface area (Å²) in [7, 11) is 0. The van der Waals surface area contributed by atoms with Gasteiger partial charge >= 0.3 is 5.97 Å². The van der Waals surface area contributed by atoms with Crippen molar-refractivity contribution in [3.8, 4) is 11.4 Å². The zero-order valence-electron chi connectivity index (χ0n) is 15.0. The molecule has 2 aromatic heterocycles. The minimum absolute atomic E-state index is 0.0385. The number of benzene rings is 2. The summed E-state index contributed by atoms with van der Waals surface area (Å²) in [4.78, 5) is 26.9. The Bertz CT molecular complexity index is 1140. The van der Waals surface area contributed by atoms with Gasteiger partial charge in [0.15, 0.2) is 0 Å². The molecule has 0 aliphatic heterocycles. The molecule has 4 aromatic rings. The average molecular weight is 390 g/mol. The second kappa shape index (κ2) is 7.72. The zero-order valence-corrected chi connectivity index (χ0v) is 15.0. The van der Waals surface area contributed by atoms with E-state index in [1.54, 1.807) is 10.9 Å². The Morgan fingerprint density at radius 3 is 2.59 bits per heavy atom. The monoisotopic (exact) mass is 390 g/mol. The van der Waals surface area contributed by atoms with Crippen LogP contribution in [0.1, 0.15) is 15.9 Å². The van der Waals surface area contributed by atoms with Gasteiger partial charge in [0, 0.05) is 18.5 Å². The summed E-state index contributed by atoms with van der Waals surface area (Å²) >= 11 is 0. The van der Waals surface area contributed by atoms with Crippen molar-refractivity contribution in [1.29, 1.82) is 0 Å². The molecule has 0 N–H and O–H groups in total. The Morgan fingerprint density at radius 2 is 1.93 bits per heavy atom. The predicted octanol–water partition coefficient (Wildman–Crippen LogP) is 2.72. The molecule has 0 aliphatic carbocycles. The Morgan fingerprint density at radius 1 is 1.10 bits per heavy atom. The van der Waals surface area contributed by atoms with Crippen LogP contribution in [0.25, 0.3) is 11.4 Å². The molecule has 0 saturated heterocycles. The molecule has 0 radical (unpaired) electrons. The molecule has 0 saturated carbocycles. The standard InChI is InChI=1S/C19H14N6O4/c26-19(29-11-14-2-5-16(6-3-14)23-9-1-8-21-23)15-4-7-17(18(10-15)25(27)28)24-13-20-12-22-24/h1-10,12-13H,11H2. The van der Waals surface area contributed by atoms with Crippen LogP contribution in [0, 0.1) is 10.1 Å². The lowest BCUT2D eigenvalue weighted by molar-refractivity contribution is -0.384. The van der Waals surface area contributed by atoms with Crippen molar-refractivity contribution >= 4 is 11.7 Å². The molecular formula is C19H14N6O4. The molecule has 29 heavy (non-hydrogen) atoms. The van der Waals surface area contributed by atoms with Crippen LogP contribution < -0.4 is 0 Å². The van der Waals surface area contributed by atoms with Gasteiger partial charge in [-0.3, -0.25) is 10.1 Å². The SMILES string of the molecule is O=C(OCc1ccc(-n2cccn2)cc1)c1ccc(-n2cncn2)c([N+](=O)[O-])c1. The Kier molecular flexibility index (Phi) is 4.81. The van der Waals surface area contributed by atoms with Gasteiger partial charge in [-0.25, -0.2) is 19.1 Å². The number of nitrogens with zero attached hydrogens (tertiary/aromatic N) is 6. The highest BCUT2D eigenvalue weighted by molar-refractivity contribution is 5.90. The molecule has 10 heteroatoms. The summed E-state index contributed by atoms with van der Waals surface area (Å²) in [5.41, 5.74) is 1.67. The molecule has 0 atom stereocenters. The van der Waals surface area contributed by atoms with E-state index < -0.39 is 10.9 Å². The number of hydrogen-bond acceptors (Lipinski definition) is 7. The number of hydrogen-bond donors (Lipinski definition) is 0. The number of nitro groups is 1. The lowest BCUT2D eigenvalue weighted by Crippen LogP contribution is -2.08. The molecule has 4 rings (SSSR count). The largest absolute Gasteiger partial charge is 0.457 e. The van der Waals surface area contributed by atoms with Crippen molar-refractivity contribution in [2.45, 2.75) is 6.61 Å². The van der Waals surface area contributed by atoms with E-state index in [1.807, 2.05) is 36.5 Å². The first-order valence-corrected chi connectivity index (χ1v) is 8.51. The Labute approximate surface area is 164 Å². The predicted molar refractivity (Wildman–Crippen MR) is 101 cm³/mol. The van der Waals surface area contributed by atoms with E-state index in [0.29, 0.717) is 0 Å². The maximum atomic E-state index is 12.4. The van der Waals surface area contributed by atoms with Gasteiger partial charge in [-0.15, -0.1) is 0 Å². The van der Waals surface area contributed by atoms with E-state index >= 15 is 0 Å². The summed E-state index contributed by atoms with van der Waals surface area (Å²) in [5.74, 6) is -0.658. The van der Waals surface area contributed by atoms with E-state index in [0.717, 1.165) is 11.3 Å². The summed E-state index contributed by atoms with van der Waals surface area (Å²) in [6, 6.07) is 13.2. The van der Waals surface area contributed by atoms with Crippen LogP contribution in [-0.4, -0.2) is 35.4 Å². The van der Waals surface area contributed by atoms with Crippen molar-refractivity contribution in [2.24, 2.45) is 0 Å². The second-order valence-corrected chi connectivity index (χ2v) is 5.99. The van der Waals surface area contributed by atoms with Crippen LogP contribution in [0.3, 0.4) is 0 Å². The van der Waals surface area contributed by atoms with Crippen LogP contribution in [0.2, 0.25) is 0 Å². The van der Waals surface area contributed by atoms with Crippen LogP contribution in [-0.2, 0) is 11.3 Å². The van der Waals surface area contributed by atoms with E-state index in [2.05, 4.69) is 15.2 Å². The van der Waals surface area contributed by atoms with E-state index in [9.17, 15) is 14.9 Å². The van der Waals surface area contributed by atoms with Crippen molar-refractivity contribution in [3.05, 3.63) is 94.8 Å². The fourth-order valence-electron chi connectivity index (χ4n) is 2.72. The van der Waals surface area contributed by atoms with Crippen LogP contribution >= 0.6 is 0 Å². The van der Waals surface area contributed by atoms with E-state index in [1.165, 1.54) is 35.5 Å². The van der Waals surface area contributed by atoms with Gasteiger partial charge < -0.3 is 4.74 Å². The van der Waals surface area contributed by atoms with E-state index in [-0.39, 0.29) is 23.5 Å². The fourth-order valence-corrected chi connectivity index (χ4v) is 2.72. The van der Waals surface area contributed by atoms with Gasteiger partial charge in [0.1, 0.15) is 24.9 Å². The highest BCUT2D eigenvalue weighted by Gasteiger charge is 2.20. The summed E-state index contributed by atoms with van der Waals surface area (Å²) in [6.07, 6.45) is 6.12. The number of aromatic nitrogens is 5. The lowest BCUT2D eigenvalue weighted by atomic mass is 10.1. The molecule has 10 nitrogen and oxygen atoms in total. The van der Waals surface area contributed by atoms with Crippen molar-refractivity contribution in [3.63, 3.8) is 0 Å². The number of carbonyl (C=O) groups is 1. The first-order valence-electron chi connectivity index (χ1n) is 8.51. The molecule has 0 bridgehead atoms. The molecular weight excluding hydrogens is 376 g/mol.